The molecule has 1 amide bonds. The minimum Gasteiger partial charge on any atom is -0.328 e. The van der Waals surface area contributed by atoms with Gasteiger partial charge in [-0.05, 0) is 73.4 Å². The number of amides is 1. The number of nitrogens with zero attached hydrogens (tertiary/aromatic N) is 3. The molecule has 5 rings (SSSR count). The third-order valence-electron chi connectivity index (χ3n) is 7.06. The van der Waals surface area contributed by atoms with Crippen LogP contribution in [0.4, 0.5) is 4.39 Å². The lowest BCUT2D eigenvalue weighted by atomic mass is 10.1. The van der Waals surface area contributed by atoms with E-state index in [-0.39, 0.29) is 17.0 Å². The van der Waals surface area contributed by atoms with Crippen LogP contribution in [-0.4, -0.2) is 26.9 Å². The Labute approximate surface area is 227 Å². The molecule has 5 nitrogen and oxygen atoms in total. The van der Waals surface area contributed by atoms with E-state index in [0.29, 0.717) is 35.4 Å². The highest BCUT2D eigenvalue weighted by Crippen LogP contribution is 2.25. The fourth-order valence-electron chi connectivity index (χ4n) is 4.85. The molecule has 196 valence electrons. The van der Waals surface area contributed by atoms with Crippen LogP contribution in [0.5, 0.6) is 0 Å². The highest BCUT2D eigenvalue weighted by atomic mass is 19.1. The molecule has 0 aliphatic heterocycles. The van der Waals surface area contributed by atoms with Crippen LogP contribution in [0.2, 0.25) is 0 Å². The summed E-state index contributed by atoms with van der Waals surface area (Å²) in [5.74, 6) is -0.359. The Balaban J connectivity index is 1.65. The molecule has 0 aliphatic carbocycles. The highest BCUT2D eigenvalue weighted by Gasteiger charge is 2.28. The number of halogens is 1. The molecule has 0 aliphatic rings. The third kappa shape index (κ3) is 5.50. The van der Waals surface area contributed by atoms with Crippen molar-refractivity contribution < 1.29 is 9.18 Å². The van der Waals surface area contributed by atoms with Crippen LogP contribution in [0.25, 0.3) is 16.6 Å². The molecule has 0 bridgehead atoms. The Morgan fingerprint density at radius 3 is 2.33 bits per heavy atom. The molecule has 1 heterocycles. The van der Waals surface area contributed by atoms with Gasteiger partial charge < -0.3 is 4.90 Å². The van der Waals surface area contributed by atoms with E-state index in [4.69, 9.17) is 4.98 Å². The summed E-state index contributed by atoms with van der Waals surface area (Å²) in [5, 5.41) is 0.500. The predicted molar refractivity (Wildman–Crippen MR) is 153 cm³/mol. The lowest BCUT2D eigenvalue weighted by Gasteiger charge is -2.31. The molecule has 0 radical (unpaired) electrons. The van der Waals surface area contributed by atoms with Crippen molar-refractivity contribution in [2.75, 3.05) is 6.54 Å². The van der Waals surface area contributed by atoms with Gasteiger partial charge in [-0.3, -0.25) is 14.2 Å². The van der Waals surface area contributed by atoms with Gasteiger partial charge in [0, 0.05) is 12.1 Å². The Kier molecular flexibility index (Phi) is 7.64. The number of carbonyl (C=O) groups is 1. The molecule has 4 aromatic carbocycles. The van der Waals surface area contributed by atoms with E-state index in [2.05, 4.69) is 6.92 Å². The quantitative estimate of drug-likeness (QED) is 0.234. The van der Waals surface area contributed by atoms with E-state index in [1.807, 2.05) is 73.7 Å². The predicted octanol–water partition coefficient (Wildman–Crippen LogP) is 6.53. The number of para-hydroxylation sites is 1. The number of aryl methyl sites for hydroxylation is 1. The number of carbonyl (C=O) groups excluding carboxylic acids is 1. The zero-order chi connectivity index (χ0) is 27.4. The normalized spacial score (nSPS) is 11.9. The summed E-state index contributed by atoms with van der Waals surface area (Å²) in [6.07, 6.45) is 1.47. The topological polar surface area (TPSA) is 55.2 Å². The minimum absolute atomic E-state index is 0.201. The van der Waals surface area contributed by atoms with Gasteiger partial charge in [0.25, 0.3) is 11.5 Å². The number of benzene rings is 4. The second-order valence-corrected chi connectivity index (χ2v) is 9.57. The molecule has 0 saturated carbocycles. The van der Waals surface area contributed by atoms with Crippen molar-refractivity contribution in [3.8, 4) is 5.69 Å². The highest BCUT2D eigenvalue weighted by molar-refractivity contribution is 5.94. The standard InChI is InChI=1S/C33H30FN3O2/c1-3-24-16-18-28(19-17-24)37-31(35-30-15-8-7-14-29(30)33(37)39)23(2)36(21-20-25-10-5-4-6-11-25)32(38)26-12-9-13-27(34)22-26/h4-19,22-23H,3,20-21H2,1-2H3. The lowest BCUT2D eigenvalue weighted by Crippen LogP contribution is -2.38. The molecule has 0 fully saturated rings. The molecule has 0 saturated heterocycles. The Morgan fingerprint density at radius 1 is 0.897 bits per heavy atom. The summed E-state index contributed by atoms with van der Waals surface area (Å²) >= 11 is 0. The first kappa shape index (κ1) is 26.0. The van der Waals surface area contributed by atoms with Gasteiger partial charge in [0.2, 0.25) is 0 Å². The van der Waals surface area contributed by atoms with Crippen LogP contribution >= 0.6 is 0 Å². The number of fused-ring (bicyclic) bond motifs is 1. The maximum absolute atomic E-state index is 14.1. The molecule has 6 heteroatoms. The smallest absolute Gasteiger partial charge is 0.266 e. The van der Waals surface area contributed by atoms with Gasteiger partial charge in [-0.15, -0.1) is 0 Å². The first-order valence-corrected chi connectivity index (χ1v) is 13.2. The van der Waals surface area contributed by atoms with E-state index in [1.54, 1.807) is 27.7 Å². The van der Waals surface area contributed by atoms with Gasteiger partial charge >= 0.3 is 0 Å². The van der Waals surface area contributed by atoms with Gasteiger partial charge in [-0.1, -0.05) is 67.6 Å². The zero-order valence-electron chi connectivity index (χ0n) is 22.0. The second-order valence-electron chi connectivity index (χ2n) is 9.57. The van der Waals surface area contributed by atoms with E-state index in [1.165, 1.54) is 18.2 Å². The third-order valence-corrected chi connectivity index (χ3v) is 7.06. The fraction of sp³-hybridized carbons (Fsp3) is 0.182. The number of hydrogen-bond donors (Lipinski definition) is 0. The van der Waals surface area contributed by atoms with Crippen LogP contribution in [-0.2, 0) is 12.8 Å². The summed E-state index contributed by atoms with van der Waals surface area (Å²) < 4.78 is 15.7. The van der Waals surface area contributed by atoms with E-state index in [9.17, 15) is 14.0 Å². The van der Waals surface area contributed by atoms with Crippen LogP contribution in [0.1, 0.15) is 47.2 Å². The maximum atomic E-state index is 14.1. The van der Waals surface area contributed by atoms with Crippen molar-refractivity contribution in [1.82, 2.24) is 14.5 Å². The van der Waals surface area contributed by atoms with Crippen molar-refractivity contribution in [3.05, 3.63) is 142 Å². The number of rotatable bonds is 8. The van der Waals surface area contributed by atoms with E-state index in [0.717, 1.165) is 17.5 Å². The molecule has 0 spiro atoms. The molecular weight excluding hydrogens is 489 g/mol. The summed E-state index contributed by atoms with van der Waals surface area (Å²) in [4.78, 5) is 34.3. The van der Waals surface area contributed by atoms with Crippen molar-refractivity contribution in [2.24, 2.45) is 0 Å². The van der Waals surface area contributed by atoms with Gasteiger partial charge in [0.15, 0.2) is 0 Å². The van der Waals surface area contributed by atoms with Crippen molar-refractivity contribution in [3.63, 3.8) is 0 Å². The summed E-state index contributed by atoms with van der Waals surface area (Å²) in [5.41, 5.74) is 3.51. The van der Waals surface area contributed by atoms with Crippen molar-refractivity contribution >= 4 is 16.8 Å². The van der Waals surface area contributed by atoms with E-state index < -0.39 is 11.9 Å². The molecule has 1 aromatic heterocycles. The minimum atomic E-state index is -0.590. The van der Waals surface area contributed by atoms with Gasteiger partial charge in [-0.2, -0.15) is 0 Å². The molecular formula is C33H30FN3O2. The van der Waals surface area contributed by atoms with Gasteiger partial charge in [-0.25, -0.2) is 9.37 Å². The van der Waals surface area contributed by atoms with Gasteiger partial charge in [0.1, 0.15) is 11.6 Å². The van der Waals surface area contributed by atoms with Crippen LogP contribution in [0, 0.1) is 5.82 Å². The SMILES string of the molecule is CCc1ccc(-n2c(C(C)N(CCc3ccccc3)C(=O)c3cccc(F)c3)nc3ccccc3c2=O)cc1. The summed E-state index contributed by atoms with van der Waals surface area (Å²) in [6, 6.07) is 30.0. The molecule has 39 heavy (non-hydrogen) atoms. The Morgan fingerprint density at radius 2 is 1.62 bits per heavy atom. The van der Waals surface area contributed by atoms with Crippen molar-refractivity contribution in [2.45, 2.75) is 32.7 Å². The number of hydrogen-bond acceptors (Lipinski definition) is 3. The molecule has 5 aromatic rings. The molecule has 1 unspecified atom stereocenters. The van der Waals surface area contributed by atoms with Crippen LogP contribution in [0.3, 0.4) is 0 Å². The lowest BCUT2D eigenvalue weighted by molar-refractivity contribution is 0.0683. The average Bonchev–Trinajstić information content (AvgIpc) is 2.97. The Bertz CT molecular complexity index is 1660. The molecule has 1 atom stereocenters. The summed E-state index contributed by atoms with van der Waals surface area (Å²) in [6.45, 7) is 4.31. The fourth-order valence-corrected chi connectivity index (χ4v) is 4.85. The molecule has 0 N–H and O–H groups in total. The Hall–Kier alpha value is -4.58. The average molecular weight is 520 g/mol. The maximum Gasteiger partial charge on any atom is 0.266 e. The van der Waals surface area contributed by atoms with E-state index >= 15 is 0 Å². The van der Waals surface area contributed by atoms with Gasteiger partial charge in [0.05, 0.1) is 22.6 Å². The first-order chi connectivity index (χ1) is 19.0. The second kappa shape index (κ2) is 11.4. The first-order valence-electron chi connectivity index (χ1n) is 13.2. The van der Waals surface area contributed by atoms with Crippen molar-refractivity contribution in [1.29, 1.82) is 0 Å². The number of aromatic nitrogens is 2. The largest absolute Gasteiger partial charge is 0.328 e. The summed E-state index contributed by atoms with van der Waals surface area (Å²) in [7, 11) is 0. The van der Waals surface area contributed by atoms with Crippen LogP contribution in [0.15, 0.2) is 108 Å². The zero-order valence-corrected chi connectivity index (χ0v) is 22.0. The van der Waals surface area contributed by atoms with Crippen LogP contribution < -0.4 is 5.56 Å². The monoisotopic (exact) mass is 519 g/mol.